The van der Waals surface area contributed by atoms with Gasteiger partial charge in [-0.3, -0.25) is 10.1 Å². The van der Waals surface area contributed by atoms with Crippen molar-refractivity contribution in [1.29, 1.82) is 0 Å². The number of hydrogen-bond acceptors (Lipinski definition) is 5. The molecule has 0 saturated carbocycles. The van der Waals surface area contributed by atoms with Gasteiger partial charge in [0.2, 0.25) is 11.8 Å². The third kappa shape index (κ3) is 2.71. The highest BCUT2D eigenvalue weighted by atomic mass is 16.6. The molecule has 22 heavy (non-hydrogen) atoms. The van der Waals surface area contributed by atoms with Crippen LogP contribution in [0, 0.1) is 10.1 Å². The second-order valence-electron chi connectivity index (χ2n) is 4.77. The molecule has 0 atom stereocenters. The summed E-state index contributed by atoms with van der Waals surface area (Å²) in [4.78, 5) is 10.2. The Labute approximate surface area is 126 Å². The molecule has 0 fully saturated rings. The minimum atomic E-state index is -0.446. The predicted octanol–water partition coefficient (Wildman–Crippen LogP) is 3.87. The summed E-state index contributed by atoms with van der Waals surface area (Å²) in [5.41, 5.74) is 2.75. The number of aromatic nitrogens is 2. The van der Waals surface area contributed by atoms with Gasteiger partial charge < -0.3 is 4.42 Å². The van der Waals surface area contributed by atoms with Crippen LogP contribution in [0.5, 0.6) is 0 Å². The van der Waals surface area contributed by atoms with Crippen LogP contribution in [0.3, 0.4) is 0 Å². The molecule has 0 spiro atoms. The molecule has 6 heteroatoms. The molecule has 1 heterocycles. The van der Waals surface area contributed by atoms with Crippen LogP contribution in [0.1, 0.15) is 12.5 Å². The van der Waals surface area contributed by atoms with Crippen molar-refractivity contribution < 1.29 is 9.34 Å². The molecule has 6 nitrogen and oxygen atoms in total. The molecule has 0 bridgehead atoms. The first-order chi connectivity index (χ1) is 10.7. The minimum Gasteiger partial charge on any atom is -0.416 e. The van der Waals surface area contributed by atoms with Crippen LogP contribution < -0.4 is 0 Å². The van der Waals surface area contributed by atoms with Gasteiger partial charge in [0, 0.05) is 23.3 Å². The topological polar surface area (TPSA) is 82.1 Å². The van der Waals surface area contributed by atoms with Gasteiger partial charge in [-0.15, -0.1) is 10.2 Å². The molecule has 0 unspecified atom stereocenters. The van der Waals surface area contributed by atoms with Gasteiger partial charge >= 0.3 is 0 Å². The summed E-state index contributed by atoms with van der Waals surface area (Å²) in [6, 6.07) is 13.9. The quantitative estimate of drug-likeness (QED) is 0.539. The highest BCUT2D eigenvalue weighted by Crippen LogP contribution is 2.25. The van der Waals surface area contributed by atoms with Crippen LogP contribution >= 0.6 is 0 Å². The van der Waals surface area contributed by atoms with Crippen molar-refractivity contribution in [2.45, 2.75) is 13.3 Å². The zero-order valence-electron chi connectivity index (χ0n) is 11.9. The van der Waals surface area contributed by atoms with E-state index < -0.39 is 4.92 Å². The molecule has 3 rings (SSSR count). The van der Waals surface area contributed by atoms with Gasteiger partial charge in [0.05, 0.1) is 4.92 Å². The number of nitro groups is 1. The van der Waals surface area contributed by atoms with Crippen molar-refractivity contribution in [2.75, 3.05) is 0 Å². The Balaban J connectivity index is 1.87. The molecule has 0 aliphatic heterocycles. The highest BCUT2D eigenvalue weighted by molar-refractivity contribution is 5.59. The van der Waals surface area contributed by atoms with E-state index in [1.54, 1.807) is 12.1 Å². The Bertz CT molecular complexity index is 792. The molecule has 0 amide bonds. The third-order valence-corrected chi connectivity index (χ3v) is 3.36. The molecule has 0 aliphatic carbocycles. The molecule has 1 aromatic heterocycles. The molecular formula is C16H13N3O3. The van der Waals surface area contributed by atoms with Gasteiger partial charge in [0.1, 0.15) is 0 Å². The number of hydrogen-bond donors (Lipinski definition) is 0. The van der Waals surface area contributed by atoms with E-state index in [2.05, 4.69) is 17.1 Å². The van der Waals surface area contributed by atoms with Crippen molar-refractivity contribution in [3.63, 3.8) is 0 Å². The standard InChI is InChI=1S/C16H13N3O3/c1-2-11-3-5-12(6-4-11)15-17-18-16(22-15)13-7-9-14(10-8-13)19(20)21/h3-10H,2H2,1H3. The molecule has 2 aromatic carbocycles. The summed E-state index contributed by atoms with van der Waals surface area (Å²) in [6.45, 7) is 2.09. The van der Waals surface area contributed by atoms with Crippen molar-refractivity contribution in [3.8, 4) is 22.9 Å². The summed E-state index contributed by atoms with van der Waals surface area (Å²) in [6.07, 6.45) is 0.970. The first-order valence-electron chi connectivity index (χ1n) is 6.85. The maximum Gasteiger partial charge on any atom is 0.269 e. The summed E-state index contributed by atoms with van der Waals surface area (Å²) < 4.78 is 5.64. The smallest absolute Gasteiger partial charge is 0.269 e. The van der Waals surface area contributed by atoms with Crippen LogP contribution in [-0.4, -0.2) is 15.1 Å². The third-order valence-electron chi connectivity index (χ3n) is 3.36. The van der Waals surface area contributed by atoms with E-state index in [0.29, 0.717) is 17.3 Å². The normalized spacial score (nSPS) is 10.6. The SMILES string of the molecule is CCc1ccc(-c2nnc(-c3ccc([N+](=O)[O-])cc3)o2)cc1. The van der Waals surface area contributed by atoms with E-state index in [-0.39, 0.29) is 5.69 Å². The van der Waals surface area contributed by atoms with Crippen LogP contribution in [0.15, 0.2) is 52.9 Å². The van der Waals surface area contributed by atoms with Gasteiger partial charge in [0.25, 0.3) is 5.69 Å². The molecule has 0 aliphatic rings. The van der Waals surface area contributed by atoms with Gasteiger partial charge in [-0.1, -0.05) is 19.1 Å². The maximum absolute atomic E-state index is 10.6. The Morgan fingerprint density at radius 3 is 1.91 bits per heavy atom. The highest BCUT2D eigenvalue weighted by Gasteiger charge is 2.12. The van der Waals surface area contributed by atoms with Crippen molar-refractivity contribution in [3.05, 3.63) is 64.2 Å². The minimum absolute atomic E-state index is 0.0265. The zero-order chi connectivity index (χ0) is 15.5. The van der Waals surface area contributed by atoms with Crippen LogP contribution in [0.25, 0.3) is 22.9 Å². The molecular weight excluding hydrogens is 282 g/mol. The number of aryl methyl sites for hydroxylation is 1. The lowest BCUT2D eigenvalue weighted by Crippen LogP contribution is -1.87. The second kappa shape index (κ2) is 5.77. The molecule has 0 radical (unpaired) electrons. The number of benzene rings is 2. The lowest BCUT2D eigenvalue weighted by atomic mass is 10.1. The molecule has 0 N–H and O–H groups in total. The van der Waals surface area contributed by atoms with Crippen molar-refractivity contribution in [2.24, 2.45) is 0 Å². The lowest BCUT2D eigenvalue weighted by Gasteiger charge is -1.98. The number of non-ortho nitro benzene ring substituents is 1. The fourth-order valence-electron chi connectivity index (χ4n) is 2.07. The Morgan fingerprint density at radius 1 is 0.955 bits per heavy atom. The van der Waals surface area contributed by atoms with Gasteiger partial charge in [-0.2, -0.15) is 0 Å². The Hall–Kier alpha value is -3.02. The average molecular weight is 295 g/mol. The van der Waals surface area contributed by atoms with Crippen LogP contribution in [-0.2, 0) is 6.42 Å². The van der Waals surface area contributed by atoms with Crippen LogP contribution in [0.4, 0.5) is 5.69 Å². The summed E-state index contributed by atoms with van der Waals surface area (Å²) in [7, 11) is 0. The van der Waals surface area contributed by atoms with E-state index in [4.69, 9.17) is 4.42 Å². The van der Waals surface area contributed by atoms with E-state index in [0.717, 1.165) is 12.0 Å². The van der Waals surface area contributed by atoms with Gasteiger partial charge in [0.15, 0.2) is 0 Å². The van der Waals surface area contributed by atoms with E-state index in [1.807, 2.05) is 24.3 Å². The van der Waals surface area contributed by atoms with Crippen molar-refractivity contribution in [1.82, 2.24) is 10.2 Å². The largest absolute Gasteiger partial charge is 0.416 e. The Morgan fingerprint density at radius 2 is 1.45 bits per heavy atom. The van der Waals surface area contributed by atoms with Gasteiger partial charge in [-0.25, -0.2) is 0 Å². The predicted molar refractivity (Wildman–Crippen MR) is 81.2 cm³/mol. The Kier molecular flexibility index (Phi) is 3.65. The maximum atomic E-state index is 10.6. The average Bonchev–Trinajstić information content (AvgIpc) is 3.05. The summed E-state index contributed by atoms with van der Waals surface area (Å²) >= 11 is 0. The summed E-state index contributed by atoms with van der Waals surface area (Å²) in [5, 5.41) is 18.7. The first kappa shape index (κ1) is 13.9. The lowest BCUT2D eigenvalue weighted by molar-refractivity contribution is -0.384. The summed E-state index contributed by atoms with van der Waals surface area (Å²) in [5.74, 6) is 0.764. The van der Waals surface area contributed by atoms with Crippen molar-refractivity contribution >= 4 is 5.69 Å². The van der Waals surface area contributed by atoms with Crippen LogP contribution in [0.2, 0.25) is 0 Å². The van der Waals surface area contributed by atoms with Gasteiger partial charge in [-0.05, 0) is 36.2 Å². The number of nitro benzene ring substituents is 1. The fourth-order valence-corrected chi connectivity index (χ4v) is 2.07. The van der Waals surface area contributed by atoms with E-state index in [1.165, 1.54) is 17.7 Å². The first-order valence-corrected chi connectivity index (χ1v) is 6.85. The number of rotatable bonds is 4. The van der Waals surface area contributed by atoms with E-state index in [9.17, 15) is 10.1 Å². The number of nitrogens with zero attached hydrogens (tertiary/aromatic N) is 3. The molecule has 110 valence electrons. The zero-order valence-corrected chi connectivity index (χ0v) is 11.9. The molecule has 3 aromatic rings. The second-order valence-corrected chi connectivity index (χ2v) is 4.77. The van der Waals surface area contributed by atoms with E-state index >= 15 is 0 Å². The fraction of sp³-hybridized carbons (Fsp3) is 0.125. The monoisotopic (exact) mass is 295 g/mol. The molecule has 0 saturated heterocycles.